The lowest BCUT2D eigenvalue weighted by molar-refractivity contribution is -0.384. The summed E-state index contributed by atoms with van der Waals surface area (Å²) in [5.41, 5.74) is 5.79. The number of carbonyl (C=O) groups is 1. The van der Waals surface area contributed by atoms with Crippen LogP contribution in [0.2, 0.25) is 0 Å². The van der Waals surface area contributed by atoms with Crippen molar-refractivity contribution < 1.29 is 14.5 Å². The van der Waals surface area contributed by atoms with Crippen LogP contribution < -0.4 is 10.2 Å². The molecule has 1 N–H and O–H groups in total. The van der Waals surface area contributed by atoms with Gasteiger partial charge in [-0.05, 0) is 55.3 Å². The third-order valence-electron chi connectivity index (χ3n) is 4.11. The number of hydrazone groups is 1. The second kappa shape index (κ2) is 11.0. The summed E-state index contributed by atoms with van der Waals surface area (Å²) in [4.78, 5) is 30.8. The van der Waals surface area contributed by atoms with Crippen LogP contribution in [0.3, 0.4) is 0 Å². The highest BCUT2D eigenvalue weighted by Crippen LogP contribution is 2.17. The van der Waals surface area contributed by atoms with Crippen LogP contribution in [0.5, 0.6) is 5.75 Å². The fraction of sp³-hybridized carbons (Fsp3) is 0.182. The van der Waals surface area contributed by atoms with Crippen LogP contribution in [0, 0.1) is 24.0 Å². The smallest absolute Gasteiger partial charge is 0.269 e. The Morgan fingerprint density at radius 2 is 1.88 bits per heavy atom. The summed E-state index contributed by atoms with van der Waals surface area (Å²) < 4.78 is 5.73. The van der Waals surface area contributed by atoms with Crippen LogP contribution in [-0.2, 0) is 11.4 Å². The number of aryl methyl sites for hydroxylation is 2. The van der Waals surface area contributed by atoms with Gasteiger partial charge in [0.15, 0.2) is 5.16 Å². The number of nitrogens with zero attached hydrogens (tertiary/aromatic N) is 4. The van der Waals surface area contributed by atoms with Crippen molar-refractivity contribution in [2.45, 2.75) is 25.6 Å². The van der Waals surface area contributed by atoms with Crippen molar-refractivity contribution in [3.8, 4) is 5.75 Å². The molecule has 0 radical (unpaired) electrons. The zero-order valence-electron chi connectivity index (χ0n) is 17.5. The summed E-state index contributed by atoms with van der Waals surface area (Å²) in [6.07, 6.45) is 1.52. The minimum absolute atomic E-state index is 0.0360. The van der Waals surface area contributed by atoms with Gasteiger partial charge < -0.3 is 4.74 Å². The first kappa shape index (κ1) is 22.9. The largest absolute Gasteiger partial charge is 0.489 e. The lowest BCUT2D eigenvalue weighted by atomic mass is 10.2. The Bertz CT molecular complexity index is 1120. The van der Waals surface area contributed by atoms with Crippen molar-refractivity contribution >= 4 is 29.6 Å². The van der Waals surface area contributed by atoms with Crippen LogP contribution in [0.1, 0.15) is 22.5 Å². The van der Waals surface area contributed by atoms with Gasteiger partial charge in [0.05, 0.1) is 16.9 Å². The lowest BCUT2D eigenvalue weighted by Gasteiger charge is -2.07. The van der Waals surface area contributed by atoms with E-state index in [0.29, 0.717) is 10.9 Å². The van der Waals surface area contributed by atoms with Crippen molar-refractivity contribution in [1.82, 2.24) is 15.4 Å². The molecule has 10 heteroatoms. The molecule has 1 heterocycles. The molecule has 0 saturated carbocycles. The van der Waals surface area contributed by atoms with E-state index in [1.807, 2.05) is 32.0 Å². The minimum atomic E-state index is -0.442. The number of ether oxygens (including phenoxy) is 1. The Morgan fingerprint density at radius 1 is 1.16 bits per heavy atom. The number of thioether (sulfide) groups is 1. The molecular weight excluding hydrogens is 430 g/mol. The van der Waals surface area contributed by atoms with Gasteiger partial charge in [0.25, 0.3) is 11.6 Å². The number of hydrogen-bond acceptors (Lipinski definition) is 8. The Kier molecular flexibility index (Phi) is 7.87. The molecule has 0 bridgehead atoms. The van der Waals surface area contributed by atoms with Crippen molar-refractivity contribution in [2.24, 2.45) is 5.10 Å². The fourth-order valence-electron chi connectivity index (χ4n) is 2.66. The summed E-state index contributed by atoms with van der Waals surface area (Å²) in [7, 11) is 0. The molecule has 0 aliphatic heterocycles. The molecule has 0 atom stereocenters. The standard InChI is InChI=1S/C22H21N5O4S/c1-15-10-16(2)25-22(24-15)32-14-21(28)26-23-12-18-4-3-5-20(11-18)31-13-17-6-8-19(9-7-17)27(29)30/h3-12H,13-14H2,1-2H3,(H,26,28). The molecule has 0 aliphatic carbocycles. The van der Waals surface area contributed by atoms with Crippen molar-refractivity contribution in [1.29, 1.82) is 0 Å². The van der Waals surface area contributed by atoms with E-state index in [4.69, 9.17) is 4.74 Å². The van der Waals surface area contributed by atoms with E-state index in [2.05, 4.69) is 20.5 Å². The number of hydrogen-bond donors (Lipinski definition) is 1. The molecule has 164 valence electrons. The maximum Gasteiger partial charge on any atom is 0.269 e. The Hall–Kier alpha value is -3.79. The third-order valence-corrected chi connectivity index (χ3v) is 4.96. The number of amides is 1. The lowest BCUT2D eigenvalue weighted by Crippen LogP contribution is -2.19. The Balaban J connectivity index is 1.48. The molecule has 0 unspecified atom stereocenters. The van der Waals surface area contributed by atoms with Crippen LogP contribution in [0.15, 0.2) is 64.9 Å². The summed E-state index contributed by atoms with van der Waals surface area (Å²) in [5, 5.41) is 15.2. The fourth-order valence-corrected chi connectivity index (χ4v) is 3.41. The number of nitro benzene ring substituents is 1. The number of aromatic nitrogens is 2. The SMILES string of the molecule is Cc1cc(C)nc(SCC(=O)NN=Cc2cccc(OCc3ccc([N+](=O)[O-])cc3)c2)n1. The maximum atomic E-state index is 12.0. The monoisotopic (exact) mass is 451 g/mol. The molecule has 1 amide bonds. The van der Waals surface area contributed by atoms with E-state index in [-0.39, 0.29) is 24.0 Å². The van der Waals surface area contributed by atoms with Gasteiger partial charge in [-0.15, -0.1) is 0 Å². The number of nitro groups is 1. The maximum absolute atomic E-state index is 12.0. The Labute approximate surface area is 189 Å². The predicted octanol–water partition coefficient (Wildman–Crippen LogP) is 3.82. The topological polar surface area (TPSA) is 120 Å². The first-order valence-corrected chi connectivity index (χ1v) is 10.6. The van der Waals surface area contributed by atoms with Crippen LogP contribution in [0.4, 0.5) is 5.69 Å². The normalized spacial score (nSPS) is 10.8. The molecule has 1 aromatic heterocycles. The van der Waals surface area contributed by atoms with Gasteiger partial charge >= 0.3 is 0 Å². The molecule has 9 nitrogen and oxygen atoms in total. The van der Waals surface area contributed by atoms with Gasteiger partial charge in [0.1, 0.15) is 12.4 Å². The second-order valence-corrected chi connectivity index (χ2v) is 7.74. The van der Waals surface area contributed by atoms with Gasteiger partial charge in [0, 0.05) is 23.5 Å². The van der Waals surface area contributed by atoms with Crippen molar-refractivity contribution in [3.05, 3.63) is 87.2 Å². The first-order valence-electron chi connectivity index (χ1n) is 9.62. The highest BCUT2D eigenvalue weighted by molar-refractivity contribution is 7.99. The van der Waals surface area contributed by atoms with Crippen LogP contribution in [0.25, 0.3) is 0 Å². The quantitative estimate of drug-likeness (QED) is 0.173. The number of carbonyl (C=O) groups excluding carboxylic acids is 1. The van der Waals surface area contributed by atoms with E-state index >= 15 is 0 Å². The second-order valence-electron chi connectivity index (χ2n) is 6.80. The number of benzene rings is 2. The number of nitrogens with one attached hydrogen (secondary N) is 1. The number of rotatable bonds is 9. The molecule has 0 fully saturated rings. The minimum Gasteiger partial charge on any atom is -0.489 e. The highest BCUT2D eigenvalue weighted by atomic mass is 32.2. The molecule has 0 spiro atoms. The third kappa shape index (κ3) is 7.17. The molecule has 0 aliphatic rings. The van der Waals surface area contributed by atoms with Crippen LogP contribution in [-0.4, -0.2) is 32.8 Å². The number of non-ortho nitro benzene ring substituents is 1. The molecule has 3 aromatic rings. The molecule has 0 saturated heterocycles. The molecular formula is C22H21N5O4S. The summed E-state index contributed by atoms with van der Waals surface area (Å²) in [6, 6.07) is 15.3. The highest BCUT2D eigenvalue weighted by Gasteiger charge is 2.06. The van der Waals surface area contributed by atoms with E-state index in [0.717, 1.165) is 22.5 Å². The zero-order chi connectivity index (χ0) is 22.9. The van der Waals surface area contributed by atoms with E-state index in [1.165, 1.54) is 30.1 Å². The summed E-state index contributed by atoms with van der Waals surface area (Å²) in [5.74, 6) is 0.499. The van der Waals surface area contributed by atoms with Gasteiger partial charge in [-0.2, -0.15) is 5.10 Å². The van der Waals surface area contributed by atoms with Gasteiger partial charge in [-0.25, -0.2) is 15.4 Å². The van der Waals surface area contributed by atoms with E-state index < -0.39 is 4.92 Å². The van der Waals surface area contributed by atoms with Crippen LogP contribution >= 0.6 is 11.8 Å². The van der Waals surface area contributed by atoms with Gasteiger partial charge in [-0.1, -0.05) is 23.9 Å². The van der Waals surface area contributed by atoms with Crippen molar-refractivity contribution in [3.63, 3.8) is 0 Å². The van der Waals surface area contributed by atoms with Crippen molar-refractivity contribution in [2.75, 3.05) is 5.75 Å². The first-order chi connectivity index (χ1) is 15.4. The molecule has 2 aromatic carbocycles. The summed E-state index contributed by atoms with van der Waals surface area (Å²) in [6.45, 7) is 4.03. The predicted molar refractivity (Wildman–Crippen MR) is 122 cm³/mol. The average Bonchev–Trinajstić information content (AvgIpc) is 2.76. The molecule has 32 heavy (non-hydrogen) atoms. The Morgan fingerprint density at radius 3 is 2.56 bits per heavy atom. The van der Waals surface area contributed by atoms with Gasteiger partial charge in [-0.3, -0.25) is 14.9 Å². The molecule has 3 rings (SSSR count). The van der Waals surface area contributed by atoms with E-state index in [9.17, 15) is 14.9 Å². The zero-order valence-corrected chi connectivity index (χ0v) is 18.3. The van der Waals surface area contributed by atoms with E-state index in [1.54, 1.807) is 24.3 Å². The average molecular weight is 452 g/mol. The van der Waals surface area contributed by atoms with Gasteiger partial charge in [0.2, 0.25) is 0 Å². The summed E-state index contributed by atoms with van der Waals surface area (Å²) >= 11 is 1.25.